The quantitative estimate of drug-likeness (QED) is 0.783. The molecule has 3 heteroatoms. The van der Waals surface area contributed by atoms with Crippen molar-refractivity contribution >= 4 is 0 Å². The van der Waals surface area contributed by atoms with E-state index in [4.69, 9.17) is 9.47 Å². The Hall–Kier alpha value is -1.22. The van der Waals surface area contributed by atoms with Gasteiger partial charge in [-0.15, -0.1) is 0 Å². The number of likely N-dealkylation sites (tertiary alicyclic amines) is 1. The molecule has 3 nitrogen and oxygen atoms in total. The van der Waals surface area contributed by atoms with Gasteiger partial charge < -0.3 is 9.47 Å². The van der Waals surface area contributed by atoms with Gasteiger partial charge in [-0.3, -0.25) is 4.90 Å². The average molecular weight is 233 g/mol. The molecular formula is C14H19NO2. The highest BCUT2D eigenvalue weighted by Gasteiger charge is 2.21. The van der Waals surface area contributed by atoms with Crippen LogP contribution < -0.4 is 9.47 Å². The summed E-state index contributed by atoms with van der Waals surface area (Å²) >= 11 is 0. The van der Waals surface area contributed by atoms with Gasteiger partial charge in [-0.25, -0.2) is 0 Å². The maximum atomic E-state index is 5.63. The molecule has 0 spiro atoms. The predicted molar refractivity (Wildman–Crippen MR) is 66.7 cm³/mol. The summed E-state index contributed by atoms with van der Waals surface area (Å²) < 4.78 is 11.2. The third-order valence-corrected chi connectivity index (χ3v) is 3.74. The van der Waals surface area contributed by atoms with Crippen molar-refractivity contribution < 1.29 is 9.47 Å². The Morgan fingerprint density at radius 2 is 1.76 bits per heavy atom. The summed E-state index contributed by atoms with van der Waals surface area (Å²) in [6.07, 6.45) is 2.66. The average Bonchev–Trinajstić information content (AvgIpc) is 2.91. The first-order valence-electron chi connectivity index (χ1n) is 6.48. The minimum atomic E-state index is 0.480. The minimum Gasteiger partial charge on any atom is -0.486 e. The molecular weight excluding hydrogens is 214 g/mol. The van der Waals surface area contributed by atoms with Crippen LogP contribution in [-0.2, 0) is 0 Å². The zero-order valence-corrected chi connectivity index (χ0v) is 10.3. The van der Waals surface area contributed by atoms with Crippen LogP contribution in [0.1, 0.15) is 31.4 Å². The minimum absolute atomic E-state index is 0.480. The summed E-state index contributed by atoms with van der Waals surface area (Å²) in [4.78, 5) is 2.53. The number of rotatable bonds is 2. The number of benzene rings is 1. The molecule has 3 rings (SSSR count). The van der Waals surface area contributed by atoms with Crippen molar-refractivity contribution in [1.29, 1.82) is 0 Å². The molecule has 1 aromatic carbocycles. The topological polar surface area (TPSA) is 21.7 Å². The van der Waals surface area contributed by atoms with Crippen LogP contribution in [0, 0.1) is 0 Å². The monoisotopic (exact) mass is 233 g/mol. The molecule has 92 valence electrons. The zero-order valence-electron chi connectivity index (χ0n) is 10.3. The van der Waals surface area contributed by atoms with Crippen molar-refractivity contribution in [3.05, 3.63) is 23.8 Å². The summed E-state index contributed by atoms with van der Waals surface area (Å²) in [6.45, 7) is 6.03. The van der Waals surface area contributed by atoms with E-state index in [1.165, 1.54) is 31.5 Å². The van der Waals surface area contributed by atoms with E-state index in [0.717, 1.165) is 11.5 Å². The molecule has 17 heavy (non-hydrogen) atoms. The lowest BCUT2D eigenvalue weighted by molar-refractivity contribution is 0.170. The summed E-state index contributed by atoms with van der Waals surface area (Å²) in [6, 6.07) is 6.82. The lowest BCUT2D eigenvalue weighted by atomic mass is 10.1. The van der Waals surface area contributed by atoms with Gasteiger partial charge >= 0.3 is 0 Å². The van der Waals surface area contributed by atoms with E-state index >= 15 is 0 Å². The fraction of sp³-hybridized carbons (Fsp3) is 0.571. The molecule has 2 aliphatic heterocycles. The SMILES string of the molecule is CC(c1ccc2c(c1)OCCO2)N1CCCC1. The van der Waals surface area contributed by atoms with Crippen LogP contribution in [0.5, 0.6) is 11.5 Å². The smallest absolute Gasteiger partial charge is 0.161 e. The molecule has 2 aliphatic rings. The number of nitrogens with zero attached hydrogens (tertiary/aromatic N) is 1. The van der Waals surface area contributed by atoms with Crippen molar-refractivity contribution in [3.8, 4) is 11.5 Å². The summed E-state index contributed by atoms with van der Waals surface area (Å²) in [7, 11) is 0. The Morgan fingerprint density at radius 1 is 1.06 bits per heavy atom. The first-order chi connectivity index (χ1) is 8.34. The second-order valence-electron chi connectivity index (χ2n) is 4.82. The first-order valence-corrected chi connectivity index (χ1v) is 6.48. The highest BCUT2D eigenvalue weighted by atomic mass is 16.6. The normalized spacial score (nSPS) is 21.5. The van der Waals surface area contributed by atoms with Crippen molar-refractivity contribution in [2.24, 2.45) is 0 Å². The Labute approximate surface area is 102 Å². The van der Waals surface area contributed by atoms with Gasteiger partial charge in [-0.1, -0.05) is 6.07 Å². The lowest BCUT2D eigenvalue weighted by Crippen LogP contribution is -2.23. The highest BCUT2D eigenvalue weighted by Crippen LogP contribution is 2.34. The van der Waals surface area contributed by atoms with E-state index in [1.807, 2.05) is 6.07 Å². The molecule has 0 radical (unpaired) electrons. The lowest BCUT2D eigenvalue weighted by Gasteiger charge is -2.26. The fourth-order valence-electron chi connectivity index (χ4n) is 2.66. The van der Waals surface area contributed by atoms with Crippen LogP contribution in [-0.4, -0.2) is 31.2 Å². The fourth-order valence-corrected chi connectivity index (χ4v) is 2.66. The van der Waals surface area contributed by atoms with Crippen LogP contribution >= 0.6 is 0 Å². The van der Waals surface area contributed by atoms with Crippen molar-refractivity contribution in [2.75, 3.05) is 26.3 Å². The molecule has 0 bridgehead atoms. The van der Waals surface area contributed by atoms with Gasteiger partial charge in [0.2, 0.25) is 0 Å². The van der Waals surface area contributed by atoms with Crippen molar-refractivity contribution in [2.45, 2.75) is 25.8 Å². The van der Waals surface area contributed by atoms with Crippen molar-refractivity contribution in [1.82, 2.24) is 4.90 Å². The molecule has 0 saturated carbocycles. The Morgan fingerprint density at radius 3 is 2.53 bits per heavy atom. The van der Waals surface area contributed by atoms with Crippen LogP contribution in [0.25, 0.3) is 0 Å². The zero-order chi connectivity index (χ0) is 11.7. The molecule has 1 saturated heterocycles. The van der Waals surface area contributed by atoms with Gasteiger partial charge in [0.15, 0.2) is 11.5 Å². The van der Waals surface area contributed by atoms with Gasteiger partial charge in [0.1, 0.15) is 13.2 Å². The first kappa shape index (κ1) is 10.9. The van der Waals surface area contributed by atoms with E-state index in [1.54, 1.807) is 0 Å². The van der Waals surface area contributed by atoms with Gasteiger partial charge in [0, 0.05) is 6.04 Å². The third kappa shape index (κ3) is 2.12. The predicted octanol–water partition coefficient (Wildman–Crippen LogP) is 2.61. The van der Waals surface area contributed by atoms with Gasteiger partial charge in [0.05, 0.1) is 0 Å². The standard InChI is InChI=1S/C14H19NO2/c1-11(15-6-2-3-7-15)12-4-5-13-14(10-12)17-9-8-16-13/h4-5,10-11H,2-3,6-9H2,1H3. The number of hydrogen-bond acceptors (Lipinski definition) is 3. The van der Waals surface area contributed by atoms with E-state index in [9.17, 15) is 0 Å². The van der Waals surface area contributed by atoms with Crippen LogP contribution in [0.2, 0.25) is 0 Å². The summed E-state index contributed by atoms with van der Waals surface area (Å²) in [5.74, 6) is 1.79. The molecule has 1 atom stereocenters. The Kier molecular flexibility index (Phi) is 2.93. The Bertz CT molecular complexity index is 399. The van der Waals surface area contributed by atoms with Crippen LogP contribution in [0.4, 0.5) is 0 Å². The number of hydrogen-bond donors (Lipinski definition) is 0. The molecule has 0 aliphatic carbocycles. The largest absolute Gasteiger partial charge is 0.486 e. The maximum absolute atomic E-state index is 5.63. The molecule has 2 heterocycles. The highest BCUT2D eigenvalue weighted by molar-refractivity contribution is 5.44. The van der Waals surface area contributed by atoms with Crippen molar-refractivity contribution in [3.63, 3.8) is 0 Å². The second kappa shape index (κ2) is 4.57. The van der Waals surface area contributed by atoms with E-state index < -0.39 is 0 Å². The van der Waals surface area contributed by atoms with Crippen LogP contribution in [0.3, 0.4) is 0 Å². The summed E-state index contributed by atoms with van der Waals surface area (Å²) in [5.41, 5.74) is 1.33. The molecule has 1 unspecified atom stereocenters. The summed E-state index contributed by atoms with van der Waals surface area (Å²) in [5, 5.41) is 0. The van der Waals surface area contributed by atoms with E-state index in [-0.39, 0.29) is 0 Å². The molecule has 1 aromatic rings. The molecule has 1 fully saturated rings. The Balaban J connectivity index is 1.82. The molecule has 0 amide bonds. The van der Waals surface area contributed by atoms with Crippen LogP contribution in [0.15, 0.2) is 18.2 Å². The molecule has 0 aromatic heterocycles. The number of fused-ring (bicyclic) bond motifs is 1. The van der Waals surface area contributed by atoms with Gasteiger partial charge in [0.25, 0.3) is 0 Å². The maximum Gasteiger partial charge on any atom is 0.161 e. The van der Waals surface area contributed by atoms with E-state index in [0.29, 0.717) is 19.3 Å². The van der Waals surface area contributed by atoms with E-state index in [2.05, 4.69) is 24.0 Å². The van der Waals surface area contributed by atoms with Gasteiger partial charge in [-0.05, 0) is 50.6 Å². The van der Waals surface area contributed by atoms with Gasteiger partial charge in [-0.2, -0.15) is 0 Å². The third-order valence-electron chi connectivity index (χ3n) is 3.74. The second-order valence-corrected chi connectivity index (χ2v) is 4.82. The number of ether oxygens (including phenoxy) is 2. The molecule has 0 N–H and O–H groups in total.